The predicted octanol–water partition coefficient (Wildman–Crippen LogP) is 9.63. The summed E-state index contributed by atoms with van der Waals surface area (Å²) in [4.78, 5) is 20.2. The number of hydrogen-bond acceptors (Lipinski definition) is 8. The van der Waals surface area contributed by atoms with Crippen LogP contribution in [0.2, 0.25) is 10.0 Å². The van der Waals surface area contributed by atoms with Crippen LogP contribution in [0.4, 0.5) is 36.4 Å². The minimum Gasteiger partial charge on any atom is -0.389 e. The Kier molecular flexibility index (Phi) is 18.9. The summed E-state index contributed by atoms with van der Waals surface area (Å²) in [5, 5.41) is 48.5. The van der Waals surface area contributed by atoms with Gasteiger partial charge in [-0.25, -0.2) is 17.6 Å². The zero-order valence-corrected chi connectivity index (χ0v) is 42.3. The Morgan fingerprint density at radius 2 is 1.12 bits per heavy atom. The molecule has 0 bridgehead atoms. The first-order valence-corrected chi connectivity index (χ1v) is 25.6. The summed E-state index contributed by atoms with van der Waals surface area (Å²) in [6, 6.07) is 18.8. The molecule has 0 spiro atoms. The number of carbonyl (C=O) groups is 1. The van der Waals surface area contributed by atoms with Crippen molar-refractivity contribution in [1.82, 2.24) is 19.6 Å². The first kappa shape index (κ1) is 56.4. The molecule has 73 heavy (non-hydrogen) atoms. The molecule has 2 atom stereocenters. The number of anilines is 1. The van der Waals surface area contributed by atoms with E-state index in [4.69, 9.17) is 35.4 Å². The standard InChI is InChI=1S/C28H30F6N2O3.C25H30Cl2FN3O2S/c29-22-15-18(16-23(30)26(22)31)1-6-25(38)36-13-9-27(39,10-14-36)24(37)17-35-11-7-20(8-12-35)19-2-4-21(5-3-19)28(32,33)34;26-21-6-5-20(15-22(21)27)29-24(34)31-13-9-25(33,10-14-31)23(32)16-30-11-7-18(8-12-30)17-1-3-19(28)4-2-17/h1-6,15-16,20,24,37,39H,7-14,17H2;1-6,15,18,23,32-33H,7-14,16H2,(H,29,34)/b6-1+;. The largest absolute Gasteiger partial charge is 0.416 e. The molecular weight excluding hydrogens is 1020 g/mol. The molecule has 0 saturated carbocycles. The summed E-state index contributed by atoms with van der Waals surface area (Å²) in [7, 11) is 0. The smallest absolute Gasteiger partial charge is 0.389 e. The molecule has 4 saturated heterocycles. The molecule has 2 unspecified atom stereocenters. The van der Waals surface area contributed by atoms with Gasteiger partial charge in [-0.1, -0.05) is 47.5 Å². The SMILES string of the molecule is O=C(/C=C/c1cc(F)c(F)c(F)c1)N1CCC(O)(C(O)CN2CCC(c3ccc(C(F)(F)F)cc3)CC2)CC1.OC(CN1CCC(c2ccc(F)cc2)CC1)C1(O)CCN(C(=S)Nc2ccc(Cl)c(Cl)c2)CC1. The van der Waals surface area contributed by atoms with Crippen LogP contribution >= 0.6 is 35.4 Å². The molecule has 0 aromatic heterocycles. The third-order valence-electron chi connectivity index (χ3n) is 14.8. The molecule has 1 amide bonds. The van der Waals surface area contributed by atoms with Crippen LogP contribution in [-0.2, 0) is 11.0 Å². The van der Waals surface area contributed by atoms with Crippen molar-refractivity contribution >= 4 is 58.2 Å². The molecule has 20 heteroatoms. The van der Waals surface area contributed by atoms with Gasteiger partial charge in [-0.05, 0) is 179 Å². The third kappa shape index (κ3) is 14.9. The predicted molar refractivity (Wildman–Crippen MR) is 271 cm³/mol. The second-order valence-corrected chi connectivity index (χ2v) is 20.8. The fourth-order valence-electron chi connectivity index (χ4n) is 10.0. The van der Waals surface area contributed by atoms with Gasteiger partial charge in [0.25, 0.3) is 0 Å². The number of hydrogen-bond donors (Lipinski definition) is 5. The monoisotopic (exact) mass is 1080 g/mol. The highest BCUT2D eigenvalue weighted by Crippen LogP contribution is 2.35. The highest BCUT2D eigenvalue weighted by molar-refractivity contribution is 7.80. The highest BCUT2D eigenvalue weighted by atomic mass is 35.5. The summed E-state index contributed by atoms with van der Waals surface area (Å²) in [6.45, 7) is 5.04. The highest BCUT2D eigenvalue weighted by Gasteiger charge is 2.42. The van der Waals surface area contributed by atoms with Crippen molar-refractivity contribution in [3.63, 3.8) is 0 Å². The van der Waals surface area contributed by atoms with Crippen molar-refractivity contribution < 1.29 is 56.0 Å². The van der Waals surface area contributed by atoms with Gasteiger partial charge in [0.2, 0.25) is 5.91 Å². The van der Waals surface area contributed by atoms with E-state index in [-0.39, 0.29) is 49.8 Å². The van der Waals surface area contributed by atoms with Crippen LogP contribution in [0.3, 0.4) is 0 Å². The molecule has 4 aromatic carbocycles. The maximum absolute atomic E-state index is 13.4. The number of rotatable bonds is 11. The molecule has 0 aliphatic carbocycles. The Bertz CT molecular complexity index is 2510. The van der Waals surface area contributed by atoms with Crippen LogP contribution in [0.15, 0.2) is 84.9 Å². The molecule has 0 radical (unpaired) electrons. The summed E-state index contributed by atoms with van der Waals surface area (Å²) < 4.78 is 91.4. The molecule has 10 nitrogen and oxygen atoms in total. The lowest BCUT2D eigenvalue weighted by Gasteiger charge is -2.43. The third-order valence-corrected chi connectivity index (χ3v) is 15.9. The molecule has 4 aliphatic rings. The Hall–Kier alpha value is -4.37. The van der Waals surface area contributed by atoms with Gasteiger partial charge in [0.05, 0.1) is 39.0 Å². The number of β-amino-alcohol motifs (C(OH)–C–C–N with tert-alkyl or cyclic N) is 2. The van der Waals surface area contributed by atoms with Gasteiger partial charge in [-0.2, -0.15) is 13.2 Å². The van der Waals surface area contributed by atoms with E-state index in [2.05, 4.69) is 10.2 Å². The van der Waals surface area contributed by atoms with Crippen LogP contribution in [0.1, 0.15) is 85.5 Å². The van der Waals surface area contributed by atoms with Gasteiger partial charge in [-0.3, -0.25) is 4.79 Å². The Morgan fingerprint density at radius 3 is 1.58 bits per heavy atom. The number of nitrogens with zero attached hydrogens (tertiary/aromatic N) is 4. The number of carbonyl (C=O) groups excluding carboxylic acids is 1. The maximum Gasteiger partial charge on any atom is 0.416 e. The molecule has 4 aromatic rings. The second-order valence-electron chi connectivity index (χ2n) is 19.6. The van der Waals surface area contributed by atoms with Crippen LogP contribution in [0, 0.1) is 23.3 Å². The number of nitrogens with one attached hydrogen (secondary N) is 1. The normalized spacial score (nSPS) is 20.1. The van der Waals surface area contributed by atoms with Crippen molar-refractivity contribution in [1.29, 1.82) is 0 Å². The minimum atomic E-state index is -4.37. The lowest BCUT2D eigenvalue weighted by Crippen LogP contribution is -2.56. The van der Waals surface area contributed by atoms with E-state index in [0.29, 0.717) is 79.5 Å². The van der Waals surface area contributed by atoms with Crippen LogP contribution in [0.25, 0.3) is 6.08 Å². The summed E-state index contributed by atoms with van der Waals surface area (Å²) >= 11 is 17.6. The van der Waals surface area contributed by atoms with E-state index >= 15 is 0 Å². The van der Waals surface area contributed by atoms with Gasteiger partial charge < -0.3 is 45.3 Å². The van der Waals surface area contributed by atoms with Crippen LogP contribution in [0.5, 0.6) is 0 Å². The van der Waals surface area contributed by atoms with Gasteiger partial charge >= 0.3 is 6.18 Å². The number of amides is 1. The van der Waals surface area contributed by atoms with Gasteiger partial charge in [0.1, 0.15) is 5.82 Å². The maximum atomic E-state index is 13.4. The quantitative estimate of drug-likeness (QED) is 0.0430. The number of alkyl halides is 3. The number of likely N-dealkylation sites (tertiary alicyclic amines) is 4. The van der Waals surface area contributed by atoms with Gasteiger partial charge in [-0.15, -0.1) is 0 Å². The molecule has 396 valence electrons. The second kappa shape index (κ2) is 24.5. The van der Waals surface area contributed by atoms with Crippen molar-refractivity contribution in [2.75, 3.05) is 70.8 Å². The van der Waals surface area contributed by atoms with Crippen molar-refractivity contribution in [3.8, 4) is 0 Å². The van der Waals surface area contributed by atoms with Crippen molar-refractivity contribution in [3.05, 3.63) is 141 Å². The van der Waals surface area contributed by atoms with E-state index in [0.717, 1.165) is 73.1 Å². The van der Waals surface area contributed by atoms with Gasteiger partial charge in [0, 0.05) is 51.0 Å². The zero-order valence-electron chi connectivity index (χ0n) is 40.0. The molecular formula is C53H60Cl2F7N5O5S. The summed E-state index contributed by atoms with van der Waals surface area (Å²) in [6.07, 6.45) is 0.526. The minimum absolute atomic E-state index is 0.00854. The Balaban J connectivity index is 0.000000216. The fraction of sp³-hybridized carbons (Fsp3) is 0.472. The zero-order chi connectivity index (χ0) is 52.7. The van der Waals surface area contributed by atoms with E-state index in [1.807, 2.05) is 28.0 Å². The van der Waals surface area contributed by atoms with Crippen LogP contribution < -0.4 is 5.32 Å². The number of aliphatic hydroxyl groups is 4. The lowest BCUT2D eigenvalue weighted by atomic mass is 9.84. The van der Waals surface area contributed by atoms with E-state index < -0.39 is 58.5 Å². The summed E-state index contributed by atoms with van der Waals surface area (Å²) in [5.74, 6) is -4.43. The number of piperidine rings is 4. The first-order chi connectivity index (χ1) is 34.6. The van der Waals surface area contributed by atoms with E-state index in [9.17, 15) is 56.0 Å². The average Bonchev–Trinajstić information content (AvgIpc) is 3.37. The Morgan fingerprint density at radius 1 is 0.671 bits per heavy atom. The topological polar surface area (TPSA) is 123 Å². The first-order valence-electron chi connectivity index (χ1n) is 24.4. The molecule has 5 N–H and O–H groups in total. The van der Waals surface area contributed by atoms with Gasteiger partial charge in [0.15, 0.2) is 22.6 Å². The fourth-order valence-corrected chi connectivity index (χ4v) is 10.6. The van der Waals surface area contributed by atoms with Crippen molar-refractivity contribution in [2.24, 2.45) is 0 Å². The molecule has 8 rings (SSSR count). The molecule has 4 aliphatic heterocycles. The average molecular weight is 1080 g/mol. The number of aliphatic hydroxyl groups excluding tert-OH is 2. The summed E-state index contributed by atoms with van der Waals surface area (Å²) in [5.41, 5.74) is -0.449. The molecule has 4 fully saturated rings. The number of halogens is 9. The Labute approximate surface area is 436 Å². The number of benzene rings is 4. The van der Waals surface area contributed by atoms with Crippen LogP contribution in [-0.4, -0.2) is 140 Å². The van der Waals surface area contributed by atoms with Crippen molar-refractivity contribution in [2.45, 2.75) is 92.8 Å². The van der Waals surface area contributed by atoms with E-state index in [1.54, 1.807) is 12.1 Å². The number of thiocarbonyl (C=S) groups is 1. The van der Waals surface area contributed by atoms with E-state index in [1.165, 1.54) is 35.2 Å². The lowest BCUT2D eigenvalue weighted by molar-refractivity contribution is -0.140. The molecule has 4 heterocycles.